The Balaban J connectivity index is 2.10. The fourth-order valence-corrected chi connectivity index (χ4v) is 2.65. The van der Waals surface area contributed by atoms with E-state index < -0.39 is 0 Å². The summed E-state index contributed by atoms with van der Waals surface area (Å²) in [6.07, 6.45) is 0. The number of ketones is 1. The zero-order valence-electron chi connectivity index (χ0n) is 11.6. The number of para-hydroxylation sites is 1. The molecule has 2 aromatic carbocycles. The molecule has 0 N–H and O–H groups in total. The molecular formula is C17H13BrO3. The molecule has 0 atom stereocenters. The van der Waals surface area contributed by atoms with Crippen molar-refractivity contribution in [2.75, 3.05) is 7.11 Å². The number of carbonyl (C=O) groups excluding carboxylic acids is 1. The van der Waals surface area contributed by atoms with Gasteiger partial charge in [0.15, 0.2) is 5.76 Å². The number of carbonyl (C=O) groups is 1. The van der Waals surface area contributed by atoms with Gasteiger partial charge in [-0.15, -0.1) is 0 Å². The number of furan rings is 1. The lowest BCUT2D eigenvalue weighted by molar-refractivity contribution is 0.101. The highest BCUT2D eigenvalue weighted by molar-refractivity contribution is 9.10. The van der Waals surface area contributed by atoms with E-state index in [1.807, 2.05) is 31.2 Å². The number of rotatable bonds is 3. The molecule has 0 amide bonds. The minimum atomic E-state index is -0.185. The van der Waals surface area contributed by atoms with Gasteiger partial charge in [0.25, 0.3) is 0 Å². The standard InChI is InChI=1S/C17H13BrO3/c1-10-4-3-5-11-8-15(21-17(10)11)16(19)13-7-6-12(18)9-14(13)20-2/h3-9H,1-2H3. The lowest BCUT2D eigenvalue weighted by Crippen LogP contribution is -2.02. The van der Waals surface area contributed by atoms with Crippen molar-refractivity contribution in [2.24, 2.45) is 0 Å². The fourth-order valence-electron chi connectivity index (χ4n) is 2.31. The molecular weight excluding hydrogens is 332 g/mol. The van der Waals surface area contributed by atoms with Gasteiger partial charge < -0.3 is 9.15 Å². The molecule has 0 unspecified atom stereocenters. The summed E-state index contributed by atoms with van der Waals surface area (Å²) in [5.74, 6) is 0.654. The van der Waals surface area contributed by atoms with E-state index in [0.717, 1.165) is 21.0 Å². The quantitative estimate of drug-likeness (QED) is 0.644. The Labute approximate surface area is 130 Å². The van der Waals surface area contributed by atoms with Crippen LogP contribution in [0.5, 0.6) is 5.75 Å². The Kier molecular flexibility index (Phi) is 3.55. The van der Waals surface area contributed by atoms with E-state index in [0.29, 0.717) is 17.1 Å². The van der Waals surface area contributed by atoms with E-state index in [4.69, 9.17) is 9.15 Å². The second kappa shape index (κ2) is 5.37. The number of hydrogen-bond donors (Lipinski definition) is 0. The summed E-state index contributed by atoms with van der Waals surface area (Å²) in [4.78, 5) is 12.6. The highest BCUT2D eigenvalue weighted by Gasteiger charge is 2.19. The van der Waals surface area contributed by atoms with E-state index in [2.05, 4.69) is 15.9 Å². The Bertz CT molecular complexity index is 833. The van der Waals surface area contributed by atoms with Crippen molar-refractivity contribution in [3.05, 3.63) is 63.8 Å². The van der Waals surface area contributed by atoms with E-state index >= 15 is 0 Å². The number of hydrogen-bond acceptors (Lipinski definition) is 3. The zero-order valence-corrected chi connectivity index (χ0v) is 13.2. The highest BCUT2D eigenvalue weighted by Crippen LogP contribution is 2.29. The number of methoxy groups -OCH3 is 1. The molecule has 0 bridgehead atoms. The molecule has 21 heavy (non-hydrogen) atoms. The van der Waals surface area contributed by atoms with Crippen LogP contribution in [0.15, 0.2) is 51.4 Å². The van der Waals surface area contributed by atoms with Crippen LogP contribution in [-0.4, -0.2) is 12.9 Å². The molecule has 0 saturated carbocycles. The molecule has 0 aliphatic rings. The Morgan fingerprint density at radius 3 is 2.71 bits per heavy atom. The van der Waals surface area contributed by atoms with Crippen LogP contribution < -0.4 is 4.74 Å². The Morgan fingerprint density at radius 1 is 1.19 bits per heavy atom. The minimum Gasteiger partial charge on any atom is -0.496 e. The monoisotopic (exact) mass is 344 g/mol. The van der Waals surface area contributed by atoms with Crippen molar-refractivity contribution >= 4 is 32.7 Å². The van der Waals surface area contributed by atoms with Crippen LogP contribution in [0.2, 0.25) is 0 Å². The lowest BCUT2D eigenvalue weighted by atomic mass is 10.1. The molecule has 4 heteroatoms. The number of halogens is 1. The number of ether oxygens (including phenoxy) is 1. The predicted molar refractivity (Wildman–Crippen MR) is 85.1 cm³/mol. The van der Waals surface area contributed by atoms with Crippen LogP contribution in [0, 0.1) is 6.92 Å². The van der Waals surface area contributed by atoms with Crippen LogP contribution in [0.25, 0.3) is 11.0 Å². The van der Waals surface area contributed by atoms with Gasteiger partial charge in [0.05, 0.1) is 12.7 Å². The molecule has 3 aromatic rings. The maximum Gasteiger partial charge on any atom is 0.231 e. The number of benzene rings is 2. The van der Waals surface area contributed by atoms with Crippen molar-refractivity contribution in [1.29, 1.82) is 0 Å². The Morgan fingerprint density at radius 2 is 2.00 bits per heavy atom. The molecule has 106 valence electrons. The molecule has 1 aromatic heterocycles. The summed E-state index contributed by atoms with van der Waals surface area (Å²) in [6.45, 7) is 1.96. The summed E-state index contributed by atoms with van der Waals surface area (Å²) < 4.78 is 11.9. The highest BCUT2D eigenvalue weighted by atomic mass is 79.9. The zero-order chi connectivity index (χ0) is 15.0. The minimum absolute atomic E-state index is 0.185. The number of fused-ring (bicyclic) bond motifs is 1. The van der Waals surface area contributed by atoms with Crippen LogP contribution in [0.4, 0.5) is 0 Å². The number of aryl methyl sites for hydroxylation is 1. The maximum absolute atomic E-state index is 12.6. The summed E-state index contributed by atoms with van der Waals surface area (Å²) in [6, 6.07) is 12.9. The molecule has 0 aliphatic carbocycles. The first-order valence-electron chi connectivity index (χ1n) is 6.47. The van der Waals surface area contributed by atoms with Crippen LogP contribution >= 0.6 is 15.9 Å². The smallest absolute Gasteiger partial charge is 0.231 e. The Hall–Kier alpha value is -2.07. The molecule has 0 fully saturated rings. The van der Waals surface area contributed by atoms with Gasteiger partial charge in [0.2, 0.25) is 5.78 Å². The second-order valence-electron chi connectivity index (χ2n) is 4.78. The summed E-state index contributed by atoms with van der Waals surface area (Å²) in [5, 5.41) is 0.925. The first-order chi connectivity index (χ1) is 10.1. The first kappa shape index (κ1) is 13.9. The van der Waals surface area contributed by atoms with E-state index in [1.54, 1.807) is 25.3 Å². The average Bonchev–Trinajstić information content (AvgIpc) is 2.92. The van der Waals surface area contributed by atoms with Crippen LogP contribution in [0.3, 0.4) is 0 Å². The van der Waals surface area contributed by atoms with Gasteiger partial charge in [-0.1, -0.05) is 34.1 Å². The maximum atomic E-state index is 12.6. The average molecular weight is 345 g/mol. The summed E-state index contributed by atoms with van der Waals surface area (Å²) in [5.41, 5.74) is 2.24. The summed E-state index contributed by atoms with van der Waals surface area (Å²) >= 11 is 3.37. The van der Waals surface area contributed by atoms with Crippen molar-refractivity contribution in [2.45, 2.75) is 6.92 Å². The van der Waals surface area contributed by atoms with E-state index in [1.165, 1.54) is 0 Å². The van der Waals surface area contributed by atoms with E-state index in [9.17, 15) is 4.79 Å². The third kappa shape index (κ3) is 2.47. The van der Waals surface area contributed by atoms with Gasteiger partial charge in [-0.3, -0.25) is 4.79 Å². The largest absolute Gasteiger partial charge is 0.496 e. The molecule has 3 nitrogen and oxygen atoms in total. The normalized spacial score (nSPS) is 10.8. The van der Waals surface area contributed by atoms with Gasteiger partial charge in [0.1, 0.15) is 11.3 Å². The molecule has 0 spiro atoms. The second-order valence-corrected chi connectivity index (χ2v) is 5.69. The van der Waals surface area contributed by atoms with Gasteiger partial charge in [-0.05, 0) is 36.8 Å². The third-order valence-electron chi connectivity index (χ3n) is 3.37. The van der Waals surface area contributed by atoms with Gasteiger partial charge in [-0.2, -0.15) is 0 Å². The molecule has 0 saturated heterocycles. The topological polar surface area (TPSA) is 39.4 Å². The van der Waals surface area contributed by atoms with Crippen molar-refractivity contribution < 1.29 is 13.9 Å². The molecule has 0 aliphatic heterocycles. The van der Waals surface area contributed by atoms with Crippen molar-refractivity contribution in [1.82, 2.24) is 0 Å². The lowest BCUT2D eigenvalue weighted by Gasteiger charge is -2.06. The van der Waals surface area contributed by atoms with Crippen molar-refractivity contribution in [3.63, 3.8) is 0 Å². The summed E-state index contributed by atoms with van der Waals surface area (Å²) in [7, 11) is 1.54. The van der Waals surface area contributed by atoms with Crippen LogP contribution in [-0.2, 0) is 0 Å². The molecule has 3 rings (SSSR count). The predicted octanol–water partition coefficient (Wildman–Crippen LogP) is 4.74. The van der Waals surface area contributed by atoms with Crippen LogP contribution in [0.1, 0.15) is 21.7 Å². The van der Waals surface area contributed by atoms with Gasteiger partial charge in [0, 0.05) is 9.86 Å². The fraction of sp³-hybridized carbons (Fsp3) is 0.118. The van der Waals surface area contributed by atoms with Gasteiger partial charge in [-0.25, -0.2) is 0 Å². The molecule has 0 radical (unpaired) electrons. The van der Waals surface area contributed by atoms with E-state index in [-0.39, 0.29) is 5.78 Å². The third-order valence-corrected chi connectivity index (χ3v) is 3.87. The molecule has 1 heterocycles. The first-order valence-corrected chi connectivity index (χ1v) is 7.27. The van der Waals surface area contributed by atoms with Gasteiger partial charge >= 0.3 is 0 Å². The van der Waals surface area contributed by atoms with Crippen molar-refractivity contribution in [3.8, 4) is 5.75 Å². The SMILES string of the molecule is COc1cc(Br)ccc1C(=O)c1cc2cccc(C)c2o1.